The Bertz CT molecular complexity index is 503. The Morgan fingerprint density at radius 2 is 1.87 bits per heavy atom. The number of benzene rings is 1. The van der Waals surface area contributed by atoms with Gasteiger partial charge in [0, 0.05) is 31.6 Å². The molecule has 0 saturated heterocycles. The van der Waals surface area contributed by atoms with E-state index in [1.807, 2.05) is 0 Å². The minimum Gasteiger partial charge on any atom is -0.484 e. The van der Waals surface area contributed by atoms with Crippen LogP contribution in [0.2, 0.25) is 5.02 Å². The zero-order valence-electron chi connectivity index (χ0n) is 14.0. The minimum atomic E-state index is -0.215. The van der Waals surface area contributed by atoms with Gasteiger partial charge in [-0.25, -0.2) is 0 Å². The second-order valence-electron chi connectivity index (χ2n) is 5.78. The molecule has 1 rings (SSSR count). The number of hydrogen-bond acceptors (Lipinski definition) is 3. The first-order chi connectivity index (χ1) is 10.9. The van der Waals surface area contributed by atoms with E-state index in [0.29, 0.717) is 36.3 Å². The number of amides is 2. The van der Waals surface area contributed by atoms with Crippen LogP contribution in [0.25, 0.3) is 0 Å². The maximum Gasteiger partial charge on any atom is 0.258 e. The number of carbonyl (C=O) groups is 2. The van der Waals surface area contributed by atoms with E-state index in [4.69, 9.17) is 16.3 Å². The number of carbonyl (C=O) groups excluding carboxylic acids is 2. The monoisotopic (exact) mass is 340 g/mol. The van der Waals surface area contributed by atoms with Gasteiger partial charge >= 0.3 is 0 Å². The Labute approximate surface area is 142 Å². The van der Waals surface area contributed by atoms with Crippen LogP contribution in [-0.2, 0) is 9.59 Å². The molecule has 0 fully saturated rings. The van der Waals surface area contributed by atoms with E-state index in [-0.39, 0.29) is 18.4 Å². The van der Waals surface area contributed by atoms with Gasteiger partial charge in [-0.05, 0) is 36.6 Å². The van der Waals surface area contributed by atoms with Crippen LogP contribution in [0.15, 0.2) is 24.3 Å². The summed E-state index contributed by atoms with van der Waals surface area (Å²) in [5, 5.41) is 3.37. The first-order valence-corrected chi connectivity index (χ1v) is 8.17. The van der Waals surface area contributed by atoms with Gasteiger partial charge in [0.05, 0.1) is 0 Å². The molecule has 1 aromatic rings. The molecule has 2 amide bonds. The molecule has 0 aliphatic heterocycles. The molecule has 0 saturated carbocycles. The van der Waals surface area contributed by atoms with Gasteiger partial charge in [0.15, 0.2) is 6.61 Å². The largest absolute Gasteiger partial charge is 0.484 e. The average Bonchev–Trinajstić information content (AvgIpc) is 2.49. The third-order valence-electron chi connectivity index (χ3n) is 3.31. The number of rotatable bonds is 9. The van der Waals surface area contributed by atoms with Crippen molar-refractivity contribution in [2.24, 2.45) is 5.92 Å². The Morgan fingerprint density at radius 3 is 2.43 bits per heavy atom. The van der Waals surface area contributed by atoms with Gasteiger partial charge in [0.2, 0.25) is 5.91 Å². The summed E-state index contributed by atoms with van der Waals surface area (Å²) in [7, 11) is 0. The molecule has 6 heteroatoms. The van der Waals surface area contributed by atoms with E-state index in [9.17, 15) is 9.59 Å². The molecule has 0 bridgehead atoms. The van der Waals surface area contributed by atoms with Gasteiger partial charge in [-0.1, -0.05) is 25.4 Å². The van der Waals surface area contributed by atoms with Crippen LogP contribution in [0.1, 0.15) is 27.2 Å². The summed E-state index contributed by atoms with van der Waals surface area (Å²) in [5.41, 5.74) is 0. The summed E-state index contributed by atoms with van der Waals surface area (Å²) in [6, 6.07) is 6.82. The van der Waals surface area contributed by atoms with Crippen molar-refractivity contribution in [3.63, 3.8) is 0 Å². The molecule has 0 aliphatic rings. The van der Waals surface area contributed by atoms with Crippen LogP contribution in [0, 0.1) is 5.92 Å². The second kappa shape index (κ2) is 10.1. The molecule has 0 atom stereocenters. The lowest BCUT2D eigenvalue weighted by Gasteiger charge is -2.22. The van der Waals surface area contributed by atoms with Crippen molar-refractivity contribution >= 4 is 23.4 Å². The Morgan fingerprint density at radius 1 is 1.22 bits per heavy atom. The van der Waals surface area contributed by atoms with Crippen LogP contribution in [0.5, 0.6) is 5.75 Å². The number of nitrogens with zero attached hydrogens (tertiary/aromatic N) is 1. The maximum atomic E-state index is 11.7. The molecule has 0 radical (unpaired) electrons. The Balaban J connectivity index is 2.26. The maximum absolute atomic E-state index is 11.7. The molecular weight excluding hydrogens is 316 g/mol. The van der Waals surface area contributed by atoms with Crippen LogP contribution >= 0.6 is 11.6 Å². The lowest BCUT2D eigenvalue weighted by molar-refractivity contribution is -0.129. The van der Waals surface area contributed by atoms with Gasteiger partial charge in [0.25, 0.3) is 5.91 Å². The van der Waals surface area contributed by atoms with E-state index in [1.54, 1.807) is 36.1 Å². The summed E-state index contributed by atoms with van der Waals surface area (Å²) in [5.74, 6) is 0.940. The van der Waals surface area contributed by atoms with Crippen LogP contribution in [0.4, 0.5) is 0 Å². The molecule has 5 nitrogen and oxygen atoms in total. The first-order valence-electron chi connectivity index (χ1n) is 7.79. The molecule has 0 aliphatic carbocycles. The summed E-state index contributed by atoms with van der Waals surface area (Å²) in [6.45, 7) is 7.36. The van der Waals surface area contributed by atoms with Gasteiger partial charge in [-0.3, -0.25) is 9.59 Å². The van der Waals surface area contributed by atoms with Crippen molar-refractivity contribution in [3.05, 3.63) is 29.3 Å². The zero-order chi connectivity index (χ0) is 17.2. The number of halogens is 1. The van der Waals surface area contributed by atoms with Crippen molar-refractivity contribution in [2.45, 2.75) is 27.2 Å². The van der Waals surface area contributed by atoms with E-state index in [0.717, 1.165) is 6.42 Å². The topological polar surface area (TPSA) is 58.6 Å². The number of hydrogen-bond donors (Lipinski definition) is 1. The zero-order valence-corrected chi connectivity index (χ0v) is 14.7. The van der Waals surface area contributed by atoms with Crippen molar-refractivity contribution < 1.29 is 14.3 Å². The van der Waals surface area contributed by atoms with Crippen LogP contribution < -0.4 is 10.1 Å². The quantitative estimate of drug-likeness (QED) is 0.752. The molecule has 0 spiro atoms. The standard InChI is InChI=1S/C17H25ClN2O3/c1-13(2)8-10-20(14(3)21)11-9-19-17(22)12-23-16-6-4-15(18)5-7-16/h4-7,13H,8-12H2,1-3H3,(H,19,22). The predicted octanol–water partition coefficient (Wildman–Crippen LogP) is 2.73. The van der Waals surface area contributed by atoms with Gasteiger partial charge in [-0.15, -0.1) is 0 Å². The average molecular weight is 341 g/mol. The molecule has 0 aromatic heterocycles. The number of ether oxygens (including phenoxy) is 1. The normalized spacial score (nSPS) is 10.5. The summed E-state index contributed by atoms with van der Waals surface area (Å²) in [6.07, 6.45) is 0.952. The third kappa shape index (κ3) is 8.45. The van der Waals surface area contributed by atoms with Gasteiger partial charge < -0.3 is 15.0 Å². The van der Waals surface area contributed by atoms with Crippen LogP contribution in [0.3, 0.4) is 0 Å². The fourth-order valence-electron chi connectivity index (χ4n) is 1.90. The van der Waals surface area contributed by atoms with E-state index in [2.05, 4.69) is 19.2 Å². The Kier molecular flexibility index (Phi) is 8.48. The predicted molar refractivity (Wildman–Crippen MR) is 91.7 cm³/mol. The SMILES string of the molecule is CC(=O)N(CCNC(=O)COc1ccc(Cl)cc1)CCC(C)C. The van der Waals surface area contributed by atoms with Crippen LogP contribution in [-0.4, -0.2) is 43.0 Å². The number of nitrogens with one attached hydrogen (secondary N) is 1. The molecule has 0 unspecified atom stereocenters. The molecule has 0 heterocycles. The summed E-state index contributed by atoms with van der Waals surface area (Å²) >= 11 is 5.78. The molecule has 1 aromatic carbocycles. The minimum absolute atomic E-state index is 0.0253. The highest BCUT2D eigenvalue weighted by Crippen LogP contribution is 2.15. The highest BCUT2D eigenvalue weighted by Gasteiger charge is 2.10. The Hall–Kier alpha value is -1.75. The lowest BCUT2D eigenvalue weighted by Crippen LogP contribution is -2.39. The van der Waals surface area contributed by atoms with Crippen molar-refractivity contribution in [1.29, 1.82) is 0 Å². The summed E-state index contributed by atoms with van der Waals surface area (Å²) < 4.78 is 5.36. The van der Waals surface area contributed by atoms with Gasteiger partial charge in [-0.2, -0.15) is 0 Å². The third-order valence-corrected chi connectivity index (χ3v) is 3.56. The van der Waals surface area contributed by atoms with E-state index < -0.39 is 0 Å². The van der Waals surface area contributed by atoms with E-state index in [1.165, 1.54) is 0 Å². The molecule has 23 heavy (non-hydrogen) atoms. The van der Waals surface area contributed by atoms with Crippen molar-refractivity contribution in [3.8, 4) is 5.75 Å². The van der Waals surface area contributed by atoms with Gasteiger partial charge in [0.1, 0.15) is 5.75 Å². The van der Waals surface area contributed by atoms with Crippen molar-refractivity contribution in [1.82, 2.24) is 10.2 Å². The first kappa shape index (κ1) is 19.3. The highest BCUT2D eigenvalue weighted by atomic mass is 35.5. The fraction of sp³-hybridized carbons (Fsp3) is 0.529. The molecule has 1 N–H and O–H groups in total. The smallest absolute Gasteiger partial charge is 0.258 e. The lowest BCUT2D eigenvalue weighted by atomic mass is 10.1. The molecular formula is C17H25ClN2O3. The molecule has 128 valence electrons. The highest BCUT2D eigenvalue weighted by molar-refractivity contribution is 6.30. The fourth-order valence-corrected chi connectivity index (χ4v) is 2.03. The van der Waals surface area contributed by atoms with E-state index >= 15 is 0 Å². The van der Waals surface area contributed by atoms with Crippen molar-refractivity contribution in [2.75, 3.05) is 26.2 Å². The second-order valence-corrected chi connectivity index (χ2v) is 6.22. The summed E-state index contributed by atoms with van der Waals surface area (Å²) in [4.78, 5) is 25.0.